The zero-order valence-corrected chi connectivity index (χ0v) is 20.8. The van der Waals surface area contributed by atoms with Crippen molar-refractivity contribution >= 4 is 17.5 Å². The third-order valence-corrected chi connectivity index (χ3v) is 6.17. The summed E-state index contributed by atoms with van der Waals surface area (Å²) in [5.41, 5.74) is 3.52. The Kier molecular flexibility index (Phi) is 7.47. The molecular weight excluding hydrogens is 480 g/mol. The summed E-state index contributed by atoms with van der Waals surface area (Å²) < 4.78 is 0. The Balaban J connectivity index is 1.26. The first kappa shape index (κ1) is 24.8. The van der Waals surface area contributed by atoms with E-state index in [4.69, 9.17) is 0 Å². The minimum absolute atomic E-state index is 0.134. The summed E-state index contributed by atoms with van der Waals surface area (Å²) in [4.78, 5) is 32.9. The summed E-state index contributed by atoms with van der Waals surface area (Å²) in [7, 11) is 0. The Hall–Kier alpha value is -4.88. The number of nitrogens with one attached hydrogen (secondary N) is 1. The number of amides is 2. The molecule has 38 heavy (non-hydrogen) atoms. The number of carbonyl (C=O) groups is 2. The molecule has 1 unspecified atom stereocenters. The van der Waals surface area contributed by atoms with Crippen LogP contribution in [0.25, 0.3) is 0 Å². The van der Waals surface area contributed by atoms with Gasteiger partial charge in [0.15, 0.2) is 0 Å². The zero-order chi connectivity index (χ0) is 26.3. The van der Waals surface area contributed by atoms with Gasteiger partial charge in [0.05, 0.1) is 6.04 Å². The molecule has 1 saturated heterocycles. The second-order valence-corrected chi connectivity index (χ2v) is 8.82. The quantitative estimate of drug-likeness (QED) is 0.410. The van der Waals surface area contributed by atoms with Crippen LogP contribution in [0.4, 0.5) is 5.69 Å². The second kappa shape index (κ2) is 11.5. The smallest absolute Gasteiger partial charge is 0.272 e. The van der Waals surface area contributed by atoms with Gasteiger partial charge < -0.3 is 15.3 Å². The lowest BCUT2D eigenvalue weighted by Gasteiger charge is -2.39. The van der Waals surface area contributed by atoms with Crippen LogP contribution in [0, 0.1) is 11.8 Å². The number of nitrogens with zero attached hydrogens (tertiary/aromatic N) is 7. The van der Waals surface area contributed by atoms with Crippen LogP contribution in [-0.4, -0.2) is 68.3 Å². The first-order valence-electron chi connectivity index (χ1n) is 12.2. The molecule has 0 aliphatic carbocycles. The van der Waals surface area contributed by atoms with E-state index in [-0.39, 0.29) is 17.9 Å². The van der Waals surface area contributed by atoms with Crippen molar-refractivity contribution in [3.63, 3.8) is 0 Å². The van der Waals surface area contributed by atoms with Gasteiger partial charge >= 0.3 is 0 Å². The van der Waals surface area contributed by atoms with Crippen molar-refractivity contribution in [1.82, 2.24) is 35.4 Å². The number of rotatable bonds is 5. The monoisotopic (exact) mass is 505 g/mol. The third-order valence-electron chi connectivity index (χ3n) is 6.17. The number of piperazine rings is 1. The van der Waals surface area contributed by atoms with Crippen molar-refractivity contribution in [3.05, 3.63) is 101 Å². The van der Waals surface area contributed by atoms with E-state index in [1.54, 1.807) is 35.4 Å². The Labute approximate surface area is 220 Å². The molecule has 1 N–H and O–H groups in total. The van der Waals surface area contributed by atoms with Gasteiger partial charge in [-0.1, -0.05) is 48.2 Å². The first-order chi connectivity index (χ1) is 18.6. The predicted molar refractivity (Wildman–Crippen MR) is 140 cm³/mol. The lowest BCUT2D eigenvalue weighted by atomic mass is 10.0. The van der Waals surface area contributed by atoms with Gasteiger partial charge in [-0.3, -0.25) is 29.8 Å². The average molecular weight is 506 g/mol. The fourth-order valence-corrected chi connectivity index (χ4v) is 4.41. The molecule has 190 valence electrons. The maximum Gasteiger partial charge on any atom is 0.272 e. The summed E-state index contributed by atoms with van der Waals surface area (Å²) in [6, 6.07) is 20.6. The fraction of sp³-hybridized carbons (Fsp3) is 0.214. The number of hydrogen-bond acceptors (Lipinski definition) is 7. The van der Waals surface area contributed by atoms with Crippen LogP contribution in [0.1, 0.15) is 46.0 Å². The van der Waals surface area contributed by atoms with Gasteiger partial charge in [0.1, 0.15) is 5.69 Å². The molecule has 1 atom stereocenters. The van der Waals surface area contributed by atoms with Crippen LogP contribution in [0.15, 0.2) is 72.9 Å². The van der Waals surface area contributed by atoms with E-state index in [1.807, 2.05) is 42.5 Å². The van der Waals surface area contributed by atoms with Gasteiger partial charge in [0.2, 0.25) is 5.91 Å². The molecule has 2 aromatic carbocycles. The van der Waals surface area contributed by atoms with Crippen molar-refractivity contribution in [3.8, 4) is 11.8 Å². The Morgan fingerprint density at radius 1 is 0.947 bits per heavy atom. The minimum atomic E-state index is -0.177. The second-order valence-electron chi connectivity index (χ2n) is 8.82. The molecule has 2 aromatic heterocycles. The number of anilines is 1. The van der Waals surface area contributed by atoms with Crippen molar-refractivity contribution in [2.24, 2.45) is 0 Å². The van der Waals surface area contributed by atoms with E-state index in [9.17, 15) is 9.59 Å². The SMILES string of the molecule is CC(=O)Nc1cccc(C#Cc2ccnc(C(=O)N3CCN(C(c4ccccc4)c4nnn[n-]4)CC3)c2)c1. The third kappa shape index (κ3) is 5.91. The summed E-state index contributed by atoms with van der Waals surface area (Å²) in [6.07, 6.45) is 1.60. The molecule has 10 heteroatoms. The lowest BCUT2D eigenvalue weighted by molar-refractivity contribution is -0.114. The standard InChI is InChI=1S/C28H26N8O2/c1-20(37)30-24-9-5-6-21(18-24)10-11-22-12-13-29-25(19-22)28(38)36-16-14-35(15-17-36)26(27-31-33-34-32-27)23-7-3-2-4-8-23/h2-9,12-13,18-19,26H,14-17H2,1H3,(H2,30,31,32,33,34,37)/p-1. The maximum atomic E-state index is 13.3. The molecular formula is C28H25N8O2-. The predicted octanol–water partition coefficient (Wildman–Crippen LogP) is 2.13. The van der Waals surface area contributed by atoms with Gasteiger partial charge in [0, 0.05) is 61.9 Å². The van der Waals surface area contributed by atoms with Crippen molar-refractivity contribution in [2.75, 3.05) is 31.5 Å². The highest BCUT2D eigenvalue weighted by atomic mass is 16.2. The van der Waals surface area contributed by atoms with Crippen LogP contribution >= 0.6 is 0 Å². The lowest BCUT2D eigenvalue weighted by Crippen LogP contribution is -2.50. The molecule has 4 aromatic rings. The van der Waals surface area contributed by atoms with Crippen molar-refractivity contribution < 1.29 is 9.59 Å². The summed E-state index contributed by atoms with van der Waals surface area (Å²) in [5.74, 6) is 6.44. The normalized spacial score (nSPS) is 14.3. The molecule has 0 saturated carbocycles. The van der Waals surface area contributed by atoms with Crippen molar-refractivity contribution in [1.29, 1.82) is 0 Å². The van der Waals surface area contributed by atoms with Gasteiger partial charge in [-0.05, 0) is 35.9 Å². The summed E-state index contributed by atoms with van der Waals surface area (Å²) in [6.45, 7) is 3.82. The molecule has 1 aliphatic heterocycles. The largest absolute Gasteiger partial charge is 0.335 e. The van der Waals surface area contributed by atoms with Gasteiger partial charge in [-0.15, -0.1) is 0 Å². The molecule has 0 radical (unpaired) electrons. The number of hydrogen-bond donors (Lipinski definition) is 1. The van der Waals surface area contributed by atoms with E-state index in [1.165, 1.54) is 6.92 Å². The molecule has 0 bridgehead atoms. The summed E-state index contributed by atoms with van der Waals surface area (Å²) >= 11 is 0. The molecule has 5 rings (SSSR count). The Bertz CT molecular complexity index is 1470. The Morgan fingerprint density at radius 3 is 2.42 bits per heavy atom. The van der Waals surface area contributed by atoms with E-state index in [2.05, 4.69) is 47.7 Å². The van der Waals surface area contributed by atoms with Crippen molar-refractivity contribution in [2.45, 2.75) is 13.0 Å². The molecule has 1 aliphatic rings. The molecule has 1 fully saturated rings. The molecule has 0 spiro atoms. The average Bonchev–Trinajstić information content (AvgIpc) is 3.47. The zero-order valence-electron chi connectivity index (χ0n) is 20.8. The van der Waals surface area contributed by atoms with E-state index in [0.29, 0.717) is 48.9 Å². The number of tetrazole rings is 1. The van der Waals surface area contributed by atoms with Crippen LogP contribution in [0.5, 0.6) is 0 Å². The topological polar surface area (TPSA) is 118 Å². The Morgan fingerprint density at radius 2 is 1.71 bits per heavy atom. The van der Waals surface area contributed by atoms with Gasteiger partial charge in [0.25, 0.3) is 5.91 Å². The highest BCUT2D eigenvalue weighted by Crippen LogP contribution is 2.26. The maximum absolute atomic E-state index is 13.3. The minimum Gasteiger partial charge on any atom is -0.335 e. The molecule has 2 amide bonds. The van der Waals surface area contributed by atoms with E-state index in [0.717, 1.165) is 11.1 Å². The van der Waals surface area contributed by atoms with Gasteiger partial charge in [-0.2, -0.15) is 5.21 Å². The number of pyridine rings is 1. The van der Waals surface area contributed by atoms with Crippen LogP contribution in [0.2, 0.25) is 0 Å². The molecule has 3 heterocycles. The molecule has 10 nitrogen and oxygen atoms in total. The summed E-state index contributed by atoms with van der Waals surface area (Å²) in [5, 5.41) is 18.3. The highest BCUT2D eigenvalue weighted by Gasteiger charge is 2.28. The van der Waals surface area contributed by atoms with Crippen LogP contribution in [0.3, 0.4) is 0 Å². The first-order valence-corrected chi connectivity index (χ1v) is 12.2. The fourth-order valence-electron chi connectivity index (χ4n) is 4.41. The van der Waals surface area contributed by atoms with Gasteiger partial charge in [-0.25, -0.2) is 0 Å². The van der Waals surface area contributed by atoms with Crippen LogP contribution in [-0.2, 0) is 4.79 Å². The van der Waals surface area contributed by atoms with E-state index >= 15 is 0 Å². The number of carbonyl (C=O) groups excluding carboxylic acids is 2. The number of benzene rings is 2. The highest BCUT2D eigenvalue weighted by molar-refractivity contribution is 5.92. The van der Waals surface area contributed by atoms with Crippen LogP contribution < -0.4 is 10.4 Å². The number of aromatic nitrogens is 5. The van der Waals surface area contributed by atoms with E-state index < -0.39 is 0 Å².